The molecule has 0 unspecified atom stereocenters. The number of aromatic nitrogens is 3. The lowest BCUT2D eigenvalue weighted by Gasteiger charge is -2.07. The Morgan fingerprint density at radius 2 is 1.89 bits per heavy atom. The largest absolute Gasteiger partial charge is 0.370 e. The second kappa shape index (κ2) is 7.74. The molecule has 4 rings (SSSR count). The molecule has 1 atom stereocenters. The summed E-state index contributed by atoms with van der Waals surface area (Å²) in [6.07, 6.45) is 3.92. The summed E-state index contributed by atoms with van der Waals surface area (Å²) in [4.78, 5) is 25.6. The molecule has 4 aromatic rings. The number of nitrogens with two attached hydrogens (primary N) is 1. The number of carbonyl (C=O) groups excluding carboxylic acids is 1. The van der Waals surface area contributed by atoms with Gasteiger partial charge in [0.25, 0.3) is 0 Å². The van der Waals surface area contributed by atoms with E-state index in [0.717, 1.165) is 32.2 Å². The molecule has 0 spiro atoms. The fourth-order valence-corrected chi connectivity index (χ4v) is 3.89. The second-order valence-corrected chi connectivity index (χ2v) is 7.65. The van der Waals surface area contributed by atoms with Crippen LogP contribution in [0.15, 0.2) is 60.9 Å². The highest BCUT2D eigenvalue weighted by Gasteiger charge is 2.14. The fourth-order valence-electron chi connectivity index (χ4n) is 2.95. The predicted molar refractivity (Wildman–Crippen MR) is 113 cm³/mol. The Morgan fingerprint density at radius 1 is 1.07 bits per heavy atom. The summed E-state index contributed by atoms with van der Waals surface area (Å²) in [5.74, 6) is 1.12. The molecule has 140 valence electrons. The van der Waals surface area contributed by atoms with E-state index in [2.05, 4.69) is 26.3 Å². The standard InChI is InChI=1S/C21H19N5OS/c1-13(9-18(22)27)21-24-12-17(28-21)16-7-4-8-19(25-16)26-20-10-14-5-2-3-6-15(14)11-23-20/h2-8,10-13H,9H2,1H3,(H2,22,27)(H,23,25,26)/t13-/m0/s1. The van der Waals surface area contributed by atoms with Crippen LogP contribution in [0.3, 0.4) is 0 Å². The van der Waals surface area contributed by atoms with Crippen molar-refractivity contribution in [3.8, 4) is 10.6 Å². The van der Waals surface area contributed by atoms with Crippen LogP contribution in [0.2, 0.25) is 0 Å². The molecule has 1 amide bonds. The van der Waals surface area contributed by atoms with Gasteiger partial charge in [0.1, 0.15) is 11.6 Å². The van der Waals surface area contributed by atoms with E-state index in [1.54, 1.807) is 6.20 Å². The van der Waals surface area contributed by atoms with Crippen LogP contribution < -0.4 is 11.1 Å². The number of primary amides is 1. The van der Waals surface area contributed by atoms with Crippen molar-refractivity contribution < 1.29 is 4.79 Å². The maximum Gasteiger partial charge on any atom is 0.218 e. The molecule has 3 N–H and O–H groups in total. The zero-order chi connectivity index (χ0) is 19.5. The van der Waals surface area contributed by atoms with E-state index in [0.29, 0.717) is 5.82 Å². The number of benzene rings is 1. The lowest BCUT2D eigenvalue weighted by Crippen LogP contribution is -2.13. The van der Waals surface area contributed by atoms with E-state index in [1.165, 1.54) is 11.3 Å². The lowest BCUT2D eigenvalue weighted by atomic mass is 10.1. The summed E-state index contributed by atoms with van der Waals surface area (Å²) in [5.41, 5.74) is 6.11. The third-order valence-corrected chi connectivity index (χ3v) is 5.59. The van der Waals surface area contributed by atoms with E-state index >= 15 is 0 Å². The van der Waals surface area contributed by atoms with Gasteiger partial charge < -0.3 is 11.1 Å². The maximum absolute atomic E-state index is 11.1. The Kier molecular flexibility index (Phi) is 4.99. The average molecular weight is 389 g/mol. The van der Waals surface area contributed by atoms with Crippen molar-refractivity contribution in [1.29, 1.82) is 0 Å². The van der Waals surface area contributed by atoms with Gasteiger partial charge in [0.2, 0.25) is 5.91 Å². The molecule has 0 aliphatic rings. The van der Waals surface area contributed by atoms with Crippen molar-refractivity contribution in [1.82, 2.24) is 15.0 Å². The second-order valence-electron chi connectivity index (χ2n) is 6.58. The molecular formula is C21H19N5OS. The molecule has 3 heterocycles. The Morgan fingerprint density at radius 3 is 2.71 bits per heavy atom. The first kappa shape index (κ1) is 18.1. The number of nitrogens with one attached hydrogen (secondary N) is 1. The molecular weight excluding hydrogens is 370 g/mol. The molecule has 0 radical (unpaired) electrons. The van der Waals surface area contributed by atoms with Crippen LogP contribution in [0.5, 0.6) is 0 Å². The van der Waals surface area contributed by atoms with E-state index in [-0.39, 0.29) is 18.2 Å². The summed E-state index contributed by atoms with van der Waals surface area (Å²) >= 11 is 1.53. The number of amides is 1. The highest BCUT2D eigenvalue weighted by molar-refractivity contribution is 7.15. The van der Waals surface area contributed by atoms with Gasteiger partial charge in [-0.2, -0.15) is 0 Å². The normalized spacial score (nSPS) is 12.0. The van der Waals surface area contributed by atoms with Crippen LogP contribution in [-0.2, 0) is 4.79 Å². The van der Waals surface area contributed by atoms with E-state index in [1.807, 2.05) is 55.6 Å². The summed E-state index contributed by atoms with van der Waals surface area (Å²) in [6, 6.07) is 15.9. The van der Waals surface area contributed by atoms with Gasteiger partial charge in [-0.05, 0) is 23.6 Å². The number of fused-ring (bicyclic) bond motifs is 1. The summed E-state index contributed by atoms with van der Waals surface area (Å²) in [6.45, 7) is 1.95. The number of carbonyl (C=O) groups is 1. The maximum atomic E-state index is 11.1. The summed E-state index contributed by atoms with van der Waals surface area (Å²) in [7, 11) is 0. The number of anilines is 2. The number of nitrogens with zero attached hydrogens (tertiary/aromatic N) is 3. The Bertz CT molecular complexity index is 1140. The van der Waals surface area contributed by atoms with Crippen LogP contribution in [0.25, 0.3) is 21.3 Å². The fraction of sp³-hybridized carbons (Fsp3) is 0.143. The van der Waals surface area contributed by atoms with Gasteiger partial charge in [0, 0.05) is 30.1 Å². The molecule has 3 aromatic heterocycles. The molecule has 1 aromatic carbocycles. The molecule has 0 aliphatic carbocycles. The average Bonchev–Trinajstić information content (AvgIpc) is 3.18. The van der Waals surface area contributed by atoms with E-state index in [9.17, 15) is 4.79 Å². The molecule has 28 heavy (non-hydrogen) atoms. The third kappa shape index (κ3) is 3.99. The molecule has 0 bridgehead atoms. The smallest absolute Gasteiger partial charge is 0.218 e. The SMILES string of the molecule is C[C@@H](CC(N)=O)c1ncc(-c2cccc(Nc3cc4ccccc4cn3)n2)s1. The minimum absolute atomic E-state index is 0.000595. The highest BCUT2D eigenvalue weighted by atomic mass is 32.1. The van der Waals surface area contributed by atoms with Crippen molar-refractivity contribution >= 4 is 39.7 Å². The third-order valence-electron chi connectivity index (χ3n) is 4.34. The number of hydrogen-bond acceptors (Lipinski definition) is 6. The molecule has 0 aliphatic heterocycles. The molecule has 6 nitrogen and oxygen atoms in total. The minimum atomic E-state index is -0.323. The molecule has 0 saturated carbocycles. The first-order chi connectivity index (χ1) is 13.6. The lowest BCUT2D eigenvalue weighted by molar-refractivity contribution is -0.118. The van der Waals surface area contributed by atoms with Gasteiger partial charge in [-0.3, -0.25) is 4.79 Å². The first-order valence-corrected chi connectivity index (χ1v) is 9.73. The Labute approximate surface area is 166 Å². The van der Waals surface area contributed by atoms with E-state index < -0.39 is 0 Å². The zero-order valence-corrected chi connectivity index (χ0v) is 16.1. The number of pyridine rings is 2. The highest BCUT2D eigenvalue weighted by Crippen LogP contribution is 2.31. The van der Waals surface area contributed by atoms with Gasteiger partial charge in [-0.1, -0.05) is 37.3 Å². The topological polar surface area (TPSA) is 93.8 Å². The molecule has 0 saturated heterocycles. The van der Waals surface area contributed by atoms with Crippen molar-refractivity contribution in [2.75, 3.05) is 5.32 Å². The summed E-state index contributed by atoms with van der Waals surface area (Å²) < 4.78 is 0. The van der Waals surface area contributed by atoms with Crippen molar-refractivity contribution in [2.24, 2.45) is 5.73 Å². The Hall–Kier alpha value is -3.32. The van der Waals surface area contributed by atoms with Crippen LogP contribution in [0, 0.1) is 0 Å². The van der Waals surface area contributed by atoms with Crippen LogP contribution >= 0.6 is 11.3 Å². The zero-order valence-electron chi connectivity index (χ0n) is 15.3. The van der Waals surface area contributed by atoms with Gasteiger partial charge >= 0.3 is 0 Å². The number of hydrogen-bond donors (Lipinski definition) is 2. The molecule has 0 fully saturated rings. The van der Waals surface area contributed by atoms with Crippen molar-refractivity contribution in [2.45, 2.75) is 19.3 Å². The number of thiazole rings is 1. The quantitative estimate of drug-likeness (QED) is 0.507. The van der Waals surface area contributed by atoms with Gasteiger partial charge in [0.05, 0.1) is 15.6 Å². The molecule has 7 heteroatoms. The monoisotopic (exact) mass is 389 g/mol. The van der Waals surface area contributed by atoms with Crippen LogP contribution in [-0.4, -0.2) is 20.9 Å². The first-order valence-electron chi connectivity index (χ1n) is 8.92. The Balaban J connectivity index is 1.56. The van der Waals surface area contributed by atoms with Gasteiger partial charge in [-0.25, -0.2) is 15.0 Å². The van der Waals surface area contributed by atoms with Crippen LogP contribution in [0.1, 0.15) is 24.3 Å². The number of rotatable bonds is 6. The van der Waals surface area contributed by atoms with Gasteiger partial charge in [0.15, 0.2) is 0 Å². The van der Waals surface area contributed by atoms with Gasteiger partial charge in [-0.15, -0.1) is 11.3 Å². The minimum Gasteiger partial charge on any atom is -0.370 e. The predicted octanol–water partition coefficient (Wildman–Crippen LogP) is 4.48. The summed E-state index contributed by atoms with van der Waals surface area (Å²) in [5, 5.41) is 6.35. The van der Waals surface area contributed by atoms with Crippen molar-refractivity contribution in [3.63, 3.8) is 0 Å². The van der Waals surface area contributed by atoms with E-state index in [4.69, 9.17) is 5.73 Å². The van der Waals surface area contributed by atoms with Crippen molar-refractivity contribution in [3.05, 3.63) is 65.9 Å². The van der Waals surface area contributed by atoms with Crippen LogP contribution in [0.4, 0.5) is 11.6 Å².